The topological polar surface area (TPSA) is 57.8 Å². The molecule has 1 aromatic heterocycles. The second-order valence-electron chi connectivity index (χ2n) is 5.06. The minimum absolute atomic E-state index is 0.113. The van der Waals surface area contributed by atoms with Crippen LogP contribution in [0.5, 0.6) is 0 Å². The van der Waals surface area contributed by atoms with Crippen LogP contribution >= 0.6 is 11.6 Å². The first kappa shape index (κ1) is 15.6. The number of anilines is 1. The molecule has 0 unspecified atom stereocenters. The Morgan fingerprint density at radius 1 is 1.47 bits per heavy atom. The highest BCUT2D eigenvalue weighted by atomic mass is 35.5. The van der Waals surface area contributed by atoms with Gasteiger partial charge < -0.3 is 9.88 Å². The van der Waals surface area contributed by atoms with Crippen molar-refractivity contribution in [3.05, 3.63) is 16.8 Å². The van der Waals surface area contributed by atoms with Crippen molar-refractivity contribution in [1.82, 2.24) is 4.57 Å². The van der Waals surface area contributed by atoms with Gasteiger partial charge in [0, 0.05) is 12.2 Å². The zero-order chi connectivity index (χ0) is 14.6. The summed E-state index contributed by atoms with van der Waals surface area (Å²) in [5, 5.41) is 12.0. The van der Waals surface area contributed by atoms with Gasteiger partial charge in [0.25, 0.3) is 0 Å². The summed E-state index contributed by atoms with van der Waals surface area (Å²) < 4.78 is 2.00. The number of amides is 1. The largest absolute Gasteiger partial charge is 0.330 e. The van der Waals surface area contributed by atoms with Crippen molar-refractivity contribution in [2.45, 2.75) is 40.7 Å². The number of hydrogen-bond acceptors (Lipinski definition) is 2. The Bertz CT molecular complexity index is 512. The first-order valence-corrected chi connectivity index (χ1v) is 6.91. The Morgan fingerprint density at radius 2 is 2.11 bits per heavy atom. The number of carbonyl (C=O) groups excluding carboxylic acids is 1. The molecule has 1 N–H and O–H groups in total. The van der Waals surface area contributed by atoms with E-state index in [4.69, 9.17) is 11.6 Å². The van der Waals surface area contributed by atoms with Crippen molar-refractivity contribution in [2.75, 3.05) is 11.2 Å². The van der Waals surface area contributed by atoms with Gasteiger partial charge in [-0.25, -0.2) is 0 Å². The van der Waals surface area contributed by atoms with Crippen LogP contribution in [0.1, 0.15) is 37.1 Å². The van der Waals surface area contributed by atoms with Gasteiger partial charge in [0.15, 0.2) is 0 Å². The smallest absolute Gasteiger partial charge is 0.240 e. The minimum Gasteiger partial charge on any atom is -0.330 e. The molecule has 0 bridgehead atoms. The molecule has 104 valence electrons. The number of aromatic nitrogens is 1. The molecule has 0 aromatic carbocycles. The standard InChI is InChI=1S/C14H20ClN3O/c1-9(2)5-6-18-11(4)10(3)12(8-16)14(18)17-13(19)7-15/h9H,5-7H2,1-4H3,(H,17,19). The maximum absolute atomic E-state index is 11.5. The van der Waals surface area contributed by atoms with Crippen LogP contribution in [0.2, 0.25) is 0 Å². The van der Waals surface area contributed by atoms with Gasteiger partial charge in [-0.1, -0.05) is 13.8 Å². The van der Waals surface area contributed by atoms with E-state index >= 15 is 0 Å². The molecule has 0 aliphatic heterocycles. The molecular weight excluding hydrogens is 262 g/mol. The Hall–Kier alpha value is -1.47. The van der Waals surface area contributed by atoms with Gasteiger partial charge in [-0.3, -0.25) is 4.79 Å². The lowest BCUT2D eigenvalue weighted by Crippen LogP contribution is -2.17. The predicted molar refractivity (Wildman–Crippen MR) is 77.4 cm³/mol. The Labute approximate surface area is 119 Å². The van der Waals surface area contributed by atoms with E-state index in [-0.39, 0.29) is 11.8 Å². The van der Waals surface area contributed by atoms with Gasteiger partial charge >= 0.3 is 0 Å². The highest BCUT2D eigenvalue weighted by Crippen LogP contribution is 2.27. The second kappa shape index (κ2) is 6.63. The van der Waals surface area contributed by atoms with Gasteiger partial charge in [-0.05, 0) is 31.7 Å². The average molecular weight is 282 g/mol. The first-order chi connectivity index (χ1) is 8.92. The quantitative estimate of drug-likeness (QED) is 0.843. The van der Waals surface area contributed by atoms with Crippen LogP contribution in [0.25, 0.3) is 0 Å². The van der Waals surface area contributed by atoms with E-state index < -0.39 is 0 Å². The normalized spacial score (nSPS) is 10.6. The van der Waals surface area contributed by atoms with Gasteiger partial charge in [0.1, 0.15) is 17.8 Å². The molecule has 5 heteroatoms. The number of rotatable bonds is 5. The number of nitrogens with one attached hydrogen (secondary N) is 1. The van der Waals surface area contributed by atoms with Gasteiger partial charge in [-0.15, -0.1) is 11.6 Å². The molecule has 1 amide bonds. The van der Waals surface area contributed by atoms with Gasteiger partial charge in [-0.2, -0.15) is 5.26 Å². The van der Waals surface area contributed by atoms with E-state index in [0.717, 1.165) is 24.2 Å². The molecule has 0 saturated heterocycles. The Balaban J connectivity index is 3.19. The van der Waals surface area contributed by atoms with Crippen LogP contribution in [-0.2, 0) is 11.3 Å². The maximum atomic E-state index is 11.5. The monoisotopic (exact) mass is 281 g/mol. The van der Waals surface area contributed by atoms with E-state index in [2.05, 4.69) is 25.2 Å². The maximum Gasteiger partial charge on any atom is 0.240 e. The van der Waals surface area contributed by atoms with Crippen molar-refractivity contribution < 1.29 is 4.79 Å². The third-order valence-electron chi connectivity index (χ3n) is 3.25. The molecule has 0 spiro atoms. The summed E-state index contributed by atoms with van der Waals surface area (Å²) in [4.78, 5) is 11.5. The molecule has 4 nitrogen and oxygen atoms in total. The van der Waals surface area contributed by atoms with Crippen LogP contribution in [0, 0.1) is 31.1 Å². The van der Waals surface area contributed by atoms with Crippen molar-refractivity contribution in [3.63, 3.8) is 0 Å². The fraction of sp³-hybridized carbons (Fsp3) is 0.571. The van der Waals surface area contributed by atoms with E-state index in [1.54, 1.807) is 0 Å². The summed E-state index contributed by atoms with van der Waals surface area (Å²) in [5.74, 6) is 0.729. The highest BCUT2D eigenvalue weighted by molar-refractivity contribution is 6.29. The fourth-order valence-electron chi connectivity index (χ4n) is 1.96. The molecule has 19 heavy (non-hydrogen) atoms. The lowest BCUT2D eigenvalue weighted by molar-refractivity contribution is -0.114. The number of alkyl halides is 1. The summed E-state index contributed by atoms with van der Waals surface area (Å²) in [7, 11) is 0. The Kier molecular flexibility index (Phi) is 5.44. The summed E-state index contributed by atoms with van der Waals surface area (Å²) in [6, 6.07) is 2.16. The molecule has 0 atom stereocenters. The van der Waals surface area contributed by atoms with E-state index in [1.807, 2.05) is 18.4 Å². The second-order valence-corrected chi connectivity index (χ2v) is 5.33. The van der Waals surface area contributed by atoms with Crippen molar-refractivity contribution in [2.24, 2.45) is 5.92 Å². The van der Waals surface area contributed by atoms with Crippen LogP contribution in [0.15, 0.2) is 0 Å². The van der Waals surface area contributed by atoms with Crippen LogP contribution in [0.4, 0.5) is 5.82 Å². The number of nitrogens with zero attached hydrogens (tertiary/aromatic N) is 2. The zero-order valence-corrected chi connectivity index (χ0v) is 12.6. The van der Waals surface area contributed by atoms with Crippen molar-refractivity contribution >= 4 is 23.3 Å². The van der Waals surface area contributed by atoms with Crippen LogP contribution in [0.3, 0.4) is 0 Å². The van der Waals surface area contributed by atoms with Crippen molar-refractivity contribution in [3.8, 4) is 6.07 Å². The molecule has 1 rings (SSSR count). The van der Waals surface area contributed by atoms with Crippen LogP contribution in [-0.4, -0.2) is 16.4 Å². The summed E-state index contributed by atoms with van der Waals surface area (Å²) in [6.07, 6.45) is 0.990. The molecule has 1 heterocycles. The molecule has 0 radical (unpaired) electrons. The Morgan fingerprint density at radius 3 is 2.58 bits per heavy atom. The molecule has 1 aromatic rings. The van der Waals surface area contributed by atoms with Gasteiger partial charge in [0.2, 0.25) is 5.91 Å². The molecule has 0 fully saturated rings. The van der Waals surface area contributed by atoms with E-state index in [0.29, 0.717) is 17.3 Å². The number of nitriles is 1. The number of hydrogen-bond donors (Lipinski definition) is 1. The predicted octanol–water partition coefficient (Wildman–Crippen LogP) is 3.20. The lowest BCUT2D eigenvalue weighted by atomic mass is 10.1. The highest BCUT2D eigenvalue weighted by Gasteiger charge is 2.19. The fourth-order valence-corrected chi connectivity index (χ4v) is 2.03. The van der Waals surface area contributed by atoms with E-state index in [9.17, 15) is 10.1 Å². The summed E-state index contributed by atoms with van der Waals surface area (Å²) in [5.41, 5.74) is 2.46. The molecule has 0 saturated carbocycles. The summed E-state index contributed by atoms with van der Waals surface area (Å²) in [6.45, 7) is 8.94. The number of halogens is 1. The molecular formula is C14H20ClN3O. The third-order valence-corrected chi connectivity index (χ3v) is 3.49. The first-order valence-electron chi connectivity index (χ1n) is 6.37. The molecule has 0 aliphatic rings. The number of carbonyl (C=O) groups is 1. The van der Waals surface area contributed by atoms with Gasteiger partial charge in [0.05, 0.1) is 5.56 Å². The third kappa shape index (κ3) is 3.51. The zero-order valence-electron chi connectivity index (χ0n) is 11.9. The summed E-state index contributed by atoms with van der Waals surface area (Å²) >= 11 is 5.52. The lowest BCUT2D eigenvalue weighted by Gasteiger charge is -2.13. The molecule has 0 aliphatic carbocycles. The van der Waals surface area contributed by atoms with E-state index in [1.165, 1.54) is 0 Å². The van der Waals surface area contributed by atoms with Crippen molar-refractivity contribution in [1.29, 1.82) is 5.26 Å². The van der Waals surface area contributed by atoms with Crippen LogP contribution < -0.4 is 5.32 Å². The minimum atomic E-state index is -0.290. The average Bonchev–Trinajstić information content (AvgIpc) is 2.59. The SMILES string of the molecule is Cc1c(C#N)c(NC(=O)CCl)n(CCC(C)C)c1C.